The predicted molar refractivity (Wildman–Crippen MR) is 63.7 cm³/mol. The van der Waals surface area contributed by atoms with Crippen LogP contribution >= 0.6 is 11.3 Å². The van der Waals surface area contributed by atoms with Crippen LogP contribution in [-0.4, -0.2) is 18.4 Å². The van der Waals surface area contributed by atoms with Crippen LogP contribution in [0.25, 0.3) is 0 Å². The molecule has 0 spiro atoms. The van der Waals surface area contributed by atoms with Crippen molar-refractivity contribution in [3.63, 3.8) is 0 Å². The number of hydrogen-bond donors (Lipinski definition) is 1. The van der Waals surface area contributed by atoms with E-state index in [2.05, 4.69) is 25.2 Å². The second-order valence-corrected chi connectivity index (χ2v) is 5.64. The third kappa shape index (κ3) is 2.47. The van der Waals surface area contributed by atoms with E-state index in [1.165, 1.54) is 17.7 Å². The lowest BCUT2D eigenvalue weighted by Gasteiger charge is -2.32. The molecule has 1 aliphatic heterocycles. The molecule has 0 bridgehead atoms. The first-order chi connectivity index (χ1) is 7.19. The lowest BCUT2D eigenvalue weighted by atomic mass is 9.88. The lowest BCUT2D eigenvalue weighted by Crippen LogP contribution is -2.41. The van der Waals surface area contributed by atoms with Crippen molar-refractivity contribution in [3.05, 3.63) is 21.9 Å². The highest BCUT2D eigenvalue weighted by atomic mass is 32.1. The van der Waals surface area contributed by atoms with Gasteiger partial charge in [-0.05, 0) is 44.7 Å². The molecule has 2 unspecified atom stereocenters. The van der Waals surface area contributed by atoms with Crippen LogP contribution in [0.2, 0.25) is 0 Å². The number of carbonyl (C=O) groups excluding carboxylic acids is 1. The second kappa shape index (κ2) is 4.45. The van der Waals surface area contributed by atoms with Gasteiger partial charge < -0.3 is 5.32 Å². The molecule has 2 nitrogen and oxygen atoms in total. The van der Waals surface area contributed by atoms with Gasteiger partial charge >= 0.3 is 0 Å². The largest absolute Gasteiger partial charge is 0.312 e. The van der Waals surface area contributed by atoms with Crippen LogP contribution in [0, 0.1) is 0 Å². The number of nitrogens with one attached hydrogen (secondary N) is 1. The van der Waals surface area contributed by atoms with Crippen molar-refractivity contribution in [3.8, 4) is 0 Å². The van der Waals surface area contributed by atoms with Crippen LogP contribution in [0.15, 0.2) is 12.1 Å². The first kappa shape index (κ1) is 10.8. The molecule has 1 aliphatic rings. The summed E-state index contributed by atoms with van der Waals surface area (Å²) in [5, 5.41) is 3.53. The van der Waals surface area contributed by atoms with Gasteiger partial charge in [-0.2, -0.15) is 0 Å². The molecular weight excluding hydrogens is 206 g/mol. The first-order valence-electron chi connectivity index (χ1n) is 5.50. The van der Waals surface area contributed by atoms with Crippen molar-refractivity contribution < 1.29 is 4.79 Å². The van der Waals surface area contributed by atoms with Gasteiger partial charge in [0.15, 0.2) is 6.29 Å². The molecule has 0 aromatic carbocycles. The Labute approximate surface area is 94.7 Å². The number of aldehydes is 1. The Morgan fingerprint density at radius 2 is 2.00 bits per heavy atom. The Morgan fingerprint density at radius 1 is 1.33 bits per heavy atom. The highest BCUT2D eigenvalue weighted by molar-refractivity contribution is 7.13. The van der Waals surface area contributed by atoms with E-state index < -0.39 is 0 Å². The van der Waals surface area contributed by atoms with Gasteiger partial charge in [0, 0.05) is 17.0 Å². The number of carbonyl (C=O) groups is 1. The van der Waals surface area contributed by atoms with Crippen LogP contribution < -0.4 is 5.32 Å². The third-order valence-corrected chi connectivity index (χ3v) is 4.18. The Kier molecular flexibility index (Phi) is 3.22. The third-order valence-electron chi connectivity index (χ3n) is 3.01. The molecule has 1 saturated heterocycles. The second-order valence-electron chi connectivity index (χ2n) is 4.50. The van der Waals surface area contributed by atoms with Crippen LogP contribution in [0.3, 0.4) is 0 Å². The van der Waals surface area contributed by atoms with Crippen LogP contribution in [0.5, 0.6) is 0 Å². The number of thiophene rings is 1. The van der Waals surface area contributed by atoms with Gasteiger partial charge in [-0.15, -0.1) is 11.3 Å². The maximum Gasteiger partial charge on any atom is 0.160 e. The molecule has 1 N–H and O–H groups in total. The monoisotopic (exact) mass is 223 g/mol. The van der Waals surface area contributed by atoms with Crippen molar-refractivity contribution >= 4 is 17.6 Å². The average Bonchev–Trinajstić information content (AvgIpc) is 2.64. The number of hydrogen-bond acceptors (Lipinski definition) is 3. The van der Waals surface area contributed by atoms with Gasteiger partial charge in [-0.1, -0.05) is 0 Å². The summed E-state index contributed by atoms with van der Waals surface area (Å²) in [5.41, 5.74) is 0. The standard InChI is InChI=1S/C12H17NOS/c1-8-5-10(6-9(2)13-8)12-4-3-11(7-14)15-12/h3-4,7-10,13H,5-6H2,1-2H3. The number of piperidine rings is 1. The summed E-state index contributed by atoms with van der Waals surface area (Å²) in [5.74, 6) is 0.634. The summed E-state index contributed by atoms with van der Waals surface area (Å²) in [6.45, 7) is 4.47. The molecule has 0 saturated carbocycles. The zero-order valence-corrected chi connectivity index (χ0v) is 10.0. The highest BCUT2D eigenvalue weighted by Gasteiger charge is 2.25. The molecular formula is C12H17NOS. The summed E-state index contributed by atoms with van der Waals surface area (Å²) in [4.78, 5) is 12.9. The van der Waals surface area contributed by atoms with E-state index in [4.69, 9.17) is 0 Å². The molecule has 3 heteroatoms. The smallest absolute Gasteiger partial charge is 0.160 e. The normalized spacial score (nSPS) is 31.5. The molecule has 2 atom stereocenters. The molecule has 1 aromatic rings. The first-order valence-corrected chi connectivity index (χ1v) is 6.31. The Morgan fingerprint density at radius 3 is 2.53 bits per heavy atom. The van der Waals surface area contributed by atoms with Gasteiger partial charge in [0.25, 0.3) is 0 Å². The van der Waals surface area contributed by atoms with E-state index in [1.54, 1.807) is 11.3 Å². The molecule has 82 valence electrons. The minimum absolute atomic E-state index is 0.584. The maximum absolute atomic E-state index is 10.6. The van der Waals surface area contributed by atoms with Crippen molar-refractivity contribution in [1.29, 1.82) is 0 Å². The minimum Gasteiger partial charge on any atom is -0.312 e. The highest BCUT2D eigenvalue weighted by Crippen LogP contribution is 2.34. The van der Waals surface area contributed by atoms with E-state index in [1.807, 2.05) is 6.07 Å². The van der Waals surface area contributed by atoms with E-state index in [-0.39, 0.29) is 0 Å². The molecule has 15 heavy (non-hydrogen) atoms. The van der Waals surface area contributed by atoms with Crippen LogP contribution in [0.1, 0.15) is 47.2 Å². The van der Waals surface area contributed by atoms with Crippen molar-refractivity contribution in [2.24, 2.45) is 0 Å². The van der Waals surface area contributed by atoms with Crippen molar-refractivity contribution in [2.75, 3.05) is 0 Å². The molecule has 0 amide bonds. The van der Waals surface area contributed by atoms with Gasteiger partial charge in [-0.3, -0.25) is 4.79 Å². The molecule has 2 heterocycles. The topological polar surface area (TPSA) is 29.1 Å². The minimum atomic E-state index is 0.584. The van der Waals surface area contributed by atoms with E-state index in [0.29, 0.717) is 18.0 Å². The van der Waals surface area contributed by atoms with E-state index in [9.17, 15) is 4.79 Å². The predicted octanol–water partition coefficient (Wildman–Crippen LogP) is 2.80. The zero-order valence-electron chi connectivity index (χ0n) is 9.19. The Hall–Kier alpha value is -0.670. The van der Waals surface area contributed by atoms with Gasteiger partial charge in [0.05, 0.1) is 4.88 Å². The fraction of sp³-hybridized carbons (Fsp3) is 0.583. The molecule has 0 radical (unpaired) electrons. The fourth-order valence-electron chi connectivity index (χ4n) is 2.46. The van der Waals surface area contributed by atoms with Crippen LogP contribution in [-0.2, 0) is 0 Å². The average molecular weight is 223 g/mol. The quantitative estimate of drug-likeness (QED) is 0.781. The van der Waals surface area contributed by atoms with Crippen molar-refractivity contribution in [2.45, 2.75) is 44.7 Å². The summed E-state index contributed by atoms with van der Waals surface area (Å²) >= 11 is 1.65. The summed E-state index contributed by atoms with van der Waals surface area (Å²) < 4.78 is 0. The fourth-order valence-corrected chi connectivity index (χ4v) is 3.41. The van der Waals surface area contributed by atoms with Gasteiger partial charge in [0.1, 0.15) is 0 Å². The molecule has 0 aliphatic carbocycles. The molecule has 1 aromatic heterocycles. The van der Waals surface area contributed by atoms with Crippen molar-refractivity contribution in [1.82, 2.24) is 5.32 Å². The van der Waals surface area contributed by atoms with E-state index in [0.717, 1.165) is 11.2 Å². The Balaban J connectivity index is 2.12. The number of rotatable bonds is 2. The zero-order chi connectivity index (χ0) is 10.8. The summed E-state index contributed by atoms with van der Waals surface area (Å²) in [6, 6.07) is 5.22. The lowest BCUT2D eigenvalue weighted by molar-refractivity contribution is 0.112. The van der Waals surface area contributed by atoms with Gasteiger partial charge in [0.2, 0.25) is 0 Å². The van der Waals surface area contributed by atoms with Gasteiger partial charge in [-0.25, -0.2) is 0 Å². The molecule has 1 fully saturated rings. The summed E-state index contributed by atoms with van der Waals surface area (Å²) in [7, 11) is 0. The molecule has 2 rings (SSSR count). The maximum atomic E-state index is 10.6. The summed E-state index contributed by atoms with van der Waals surface area (Å²) in [6.07, 6.45) is 3.31. The van der Waals surface area contributed by atoms with E-state index >= 15 is 0 Å². The van der Waals surface area contributed by atoms with Crippen LogP contribution in [0.4, 0.5) is 0 Å². The SMILES string of the molecule is CC1CC(c2ccc(C=O)s2)CC(C)N1. The Bertz CT molecular complexity index is 337.